The van der Waals surface area contributed by atoms with Gasteiger partial charge in [0, 0.05) is 24.6 Å². The number of carbonyl (C=O) groups is 2. The van der Waals surface area contributed by atoms with Crippen LogP contribution in [0.15, 0.2) is 18.2 Å². The highest BCUT2D eigenvalue weighted by Crippen LogP contribution is 2.35. The number of rotatable bonds is 4. The lowest BCUT2D eigenvalue weighted by molar-refractivity contribution is -0.135. The van der Waals surface area contributed by atoms with E-state index in [1.54, 1.807) is 12.0 Å². The van der Waals surface area contributed by atoms with E-state index in [4.69, 9.17) is 9.84 Å². The summed E-state index contributed by atoms with van der Waals surface area (Å²) < 4.78 is 7.26. The summed E-state index contributed by atoms with van der Waals surface area (Å²) in [6.07, 6.45) is 3.74. The quantitative estimate of drug-likeness (QED) is 0.795. The number of Topliss-reactive ketones (excluding diaryl/α,β-unsaturated/α-hetero) is 1. The molecule has 1 fully saturated rings. The third-order valence-corrected chi connectivity index (χ3v) is 6.55. The average Bonchev–Trinajstić information content (AvgIpc) is 3.24. The molecule has 154 valence electrons. The number of methoxy groups -OCH3 is 1. The number of hydrogen-bond acceptors (Lipinski definition) is 4. The number of nitrogens with zero attached hydrogens (tertiary/aromatic N) is 3. The van der Waals surface area contributed by atoms with Crippen LogP contribution in [0.4, 0.5) is 0 Å². The number of aromatic nitrogens is 2. The fourth-order valence-corrected chi connectivity index (χ4v) is 4.84. The van der Waals surface area contributed by atoms with Crippen molar-refractivity contribution < 1.29 is 14.3 Å². The van der Waals surface area contributed by atoms with Gasteiger partial charge in [0.1, 0.15) is 18.3 Å². The number of benzene rings is 1. The number of hydrogen-bond donors (Lipinski definition) is 0. The summed E-state index contributed by atoms with van der Waals surface area (Å²) in [7, 11) is 1.62. The maximum absolute atomic E-state index is 13.2. The Kier molecular flexibility index (Phi) is 5.19. The molecule has 0 N–H and O–H groups in total. The number of fused-ring (bicyclic) bond motifs is 1. The van der Waals surface area contributed by atoms with Crippen LogP contribution < -0.4 is 4.74 Å². The standard InChI is InChI=1S/C23H29N3O3/c1-14-7-5-9-18-16(3)26(24-22(14)18)13-21(28)25-12-11-19(27)23(25)17-8-6-10-20(29-4)15(17)2/h6,8,10,14,23H,5,7,9,11-13H2,1-4H3/t14-,23+/m0/s1. The van der Waals surface area contributed by atoms with Gasteiger partial charge >= 0.3 is 0 Å². The van der Waals surface area contributed by atoms with E-state index in [0.29, 0.717) is 18.9 Å². The highest BCUT2D eigenvalue weighted by Gasteiger charge is 2.38. The average molecular weight is 396 g/mol. The monoisotopic (exact) mass is 395 g/mol. The smallest absolute Gasteiger partial charge is 0.245 e. The number of likely N-dealkylation sites (tertiary alicyclic amines) is 1. The Balaban J connectivity index is 1.61. The first-order valence-electron chi connectivity index (χ1n) is 10.4. The summed E-state index contributed by atoms with van der Waals surface area (Å²) in [4.78, 5) is 27.7. The second-order valence-electron chi connectivity index (χ2n) is 8.28. The van der Waals surface area contributed by atoms with Crippen LogP contribution in [-0.4, -0.2) is 40.0 Å². The van der Waals surface area contributed by atoms with Crippen LogP contribution in [0.25, 0.3) is 0 Å². The van der Waals surface area contributed by atoms with E-state index in [0.717, 1.165) is 41.1 Å². The minimum Gasteiger partial charge on any atom is -0.496 e. The molecule has 0 bridgehead atoms. The van der Waals surface area contributed by atoms with Gasteiger partial charge in [-0.2, -0.15) is 5.10 Å². The Hall–Kier alpha value is -2.63. The maximum atomic E-state index is 13.2. The Morgan fingerprint density at radius 1 is 1.28 bits per heavy atom. The van der Waals surface area contributed by atoms with Crippen molar-refractivity contribution in [2.45, 2.75) is 65.0 Å². The van der Waals surface area contributed by atoms with E-state index >= 15 is 0 Å². The SMILES string of the molecule is COc1cccc([C@@H]2C(=O)CCN2C(=O)Cn2nc3c(c2C)CCC[C@@H]3C)c1C. The van der Waals surface area contributed by atoms with Gasteiger partial charge in [0.2, 0.25) is 5.91 Å². The summed E-state index contributed by atoms with van der Waals surface area (Å²) in [5.74, 6) is 1.20. The van der Waals surface area contributed by atoms with E-state index in [9.17, 15) is 9.59 Å². The van der Waals surface area contributed by atoms with E-state index in [2.05, 4.69) is 13.8 Å². The zero-order chi connectivity index (χ0) is 20.7. The van der Waals surface area contributed by atoms with Gasteiger partial charge < -0.3 is 9.64 Å². The summed E-state index contributed by atoms with van der Waals surface area (Å²) in [6, 6.07) is 5.14. The van der Waals surface area contributed by atoms with Crippen LogP contribution in [0.2, 0.25) is 0 Å². The fourth-order valence-electron chi connectivity index (χ4n) is 4.84. The van der Waals surface area contributed by atoms with Crippen molar-refractivity contribution in [1.29, 1.82) is 0 Å². The Morgan fingerprint density at radius 3 is 2.79 bits per heavy atom. The Bertz CT molecular complexity index is 963. The maximum Gasteiger partial charge on any atom is 0.245 e. The van der Waals surface area contributed by atoms with Gasteiger partial charge in [-0.15, -0.1) is 0 Å². The molecule has 1 aromatic heterocycles. The Morgan fingerprint density at radius 2 is 2.07 bits per heavy atom. The van der Waals surface area contributed by atoms with Crippen molar-refractivity contribution in [3.63, 3.8) is 0 Å². The van der Waals surface area contributed by atoms with Crippen LogP contribution >= 0.6 is 0 Å². The molecule has 0 unspecified atom stereocenters. The molecule has 0 radical (unpaired) electrons. The minimum absolute atomic E-state index is 0.0568. The molecule has 1 amide bonds. The first-order chi connectivity index (χ1) is 13.9. The van der Waals surface area contributed by atoms with Gasteiger partial charge in [-0.25, -0.2) is 0 Å². The zero-order valence-corrected chi connectivity index (χ0v) is 17.7. The summed E-state index contributed by atoms with van der Waals surface area (Å²) in [5, 5.41) is 4.77. The van der Waals surface area contributed by atoms with Crippen LogP contribution in [0, 0.1) is 13.8 Å². The second kappa shape index (κ2) is 7.65. The van der Waals surface area contributed by atoms with E-state index in [1.807, 2.05) is 29.8 Å². The molecule has 1 saturated heterocycles. The van der Waals surface area contributed by atoms with Gasteiger partial charge in [-0.3, -0.25) is 14.3 Å². The van der Waals surface area contributed by atoms with Gasteiger partial charge in [0.25, 0.3) is 0 Å². The first kappa shape index (κ1) is 19.7. The number of ether oxygens (including phenoxy) is 1. The third-order valence-electron chi connectivity index (χ3n) is 6.55. The molecular formula is C23H29N3O3. The molecule has 4 rings (SSSR count). The molecule has 2 heterocycles. The Labute approximate surface area is 171 Å². The molecule has 1 aliphatic carbocycles. The normalized spacial score (nSPS) is 21.4. The van der Waals surface area contributed by atoms with Crippen LogP contribution in [0.5, 0.6) is 5.75 Å². The highest BCUT2D eigenvalue weighted by atomic mass is 16.5. The summed E-state index contributed by atoms with van der Waals surface area (Å²) in [6.45, 7) is 6.83. The van der Waals surface area contributed by atoms with Crippen LogP contribution in [0.3, 0.4) is 0 Å². The van der Waals surface area contributed by atoms with Crippen molar-refractivity contribution in [2.75, 3.05) is 13.7 Å². The van der Waals surface area contributed by atoms with Crippen molar-refractivity contribution >= 4 is 11.7 Å². The molecule has 0 saturated carbocycles. The molecule has 29 heavy (non-hydrogen) atoms. The van der Waals surface area contributed by atoms with Crippen LogP contribution in [-0.2, 0) is 22.6 Å². The predicted molar refractivity (Wildman–Crippen MR) is 110 cm³/mol. The second-order valence-corrected chi connectivity index (χ2v) is 8.28. The van der Waals surface area contributed by atoms with Crippen LogP contribution in [0.1, 0.15) is 66.2 Å². The lowest BCUT2D eigenvalue weighted by atomic mass is 9.88. The lowest BCUT2D eigenvalue weighted by Crippen LogP contribution is -2.35. The number of amides is 1. The van der Waals surface area contributed by atoms with E-state index < -0.39 is 6.04 Å². The fraction of sp³-hybridized carbons (Fsp3) is 0.522. The largest absolute Gasteiger partial charge is 0.496 e. The molecule has 0 spiro atoms. The lowest BCUT2D eigenvalue weighted by Gasteiger charge is -2.26. The van der Waals surface area contributed by atoms with Gasteiger partial charge in [0.15, 0.2) is 5.78 Å². The van der Waals surface area contributed by atoms with E-state index in [-0.39, 0.29) is 18.2 Å². The number of carbonyl (C=O) groups excluding carboxylic acids is 2. The van der Waals surface area contributed by atoms with Crippen molar-refractivity contribution in [3.05, 3.63) is 46.3 Å². The number of ketones is 1. The zero-order valence-electron chi connectivity index (χ0n) is 17.7. The van der Waals surface area contributed by atoms with Gasteiger partial charge in [-0.1, -0.05) is 19.1 Å². The minimum atomic E-state index is -0.540. The molecule has 2 atom stereocenters. The topological polar surface area (TPSA) is 64.4 Å². The summed E-state index contributed by atoms with van der Waals surface area (Å²) >= 11 is 0. The predicted octanol–water partition coefficient (Wildman–Crippen LogP) is 3.49. The third kappa shape index (κ3) is 3.34. The van der Waals surface area contributed by atoms with Gasteiger partial charge in [0.05, 0.1) is 12.8 Å². The van der Waals surface area contributed by atoms with Crippen molar-refractivity contribution in [2.24, 2.45) is 0 Å². The molecule has 6 heteroatoms. The first-order valence-corrected chi connectivity index (χ1v) is 10.4. The molecular weight excluding hydrogens is 366 g/mol. The molecule has 1 aliphatic heterocycles. The summed E-state index contributed by atoms with van der Waals surface area (Å²) in [5.41, 5.74) is 5.28. The molecule has 1 aromatic carbocycles. The van der Waals surface area contributed by atoms with Crippen molar-refractivity contribution in [3.8, 4) is 5.75 Å². The van der Waals surface area contributed by atoms with E-state index in [1.165, 1.54) is 12.0 Å². The molecule has 2 aliphatic rings. The van der Waals surface area contributed by atoms with Crippen molar-refractivity contribution in [1.82, 2.24) is 14.7 Å². The highest BCUT2D eigenvalue weighted by molar-refractivity contribution is 5.93. The molecule has 2 aromatic rings. The van der Waals surface area contributed by atoms with Gasteiger partial charge in [-0.05, 0) is 55.9 Å². The molecule has 6 nitrogen and oxygen atoms in total.